The summed E-state index contributed by atoms with van der Waals surface area (Å²) in [5.74, 6) is -0.701. The van der Waals surface area contributed by atoms with Crippen LogP contribution >= 0.6 is 0 Å². The Kier molecular flexibility index (Phi) is 7.59. The van der Waals surface area contributed by atoms with E-state index in [1.165, 1.54) is 43.6 Å². The van der Waals surface area contributed by atoms with E-state index in [2.05, 4.69) is 30.3 Å². The molecule has 11 nitrogen and oxygen atoms in total. The first-order chi connectivity index (χ1) is 16.6. The average molecular weight is 546 g/mol. The predicted molar refractivity (Wildman–Crippen MR) is 130 cm³/mol. The highest BCUT2D eigenvalue weighted by atomic mass is 32.2. The summed E-state index contributed by atoms with van der Waals surface area (Å²) in [6, 6.07) is 9.02. The van der Waals surface area contributed by atoms with Crippen LogP contribution in [0.25, 0.3) is 0 Å². The molecule has 0 radical (unpaired) electrons. The molecule has 2 heterocycles. The molecule has 0 saturated carbocycles. The van der Waals surface area contributed by atoms with Crippen LogP contribution in [-0.2, 0) is 32.8 Å². The van der Waals surface area contributed by atoms with Crippen LogP contribution in [-0.4, -0.2) is 51.3 Å². The van der Waals surface area contributed by atoms with Crippen LogP contribution in [0.3, 0.4) is 0 Å². The Hall–Kier alpha value is -3.66. The Morgan fingerprint density at radius 3 is 2.33 bits per heavy atom. The molecular weight excluding hydrogens is 523 g/mol. The number of nitrogens with one attached hydrogen (secondary N) is 3. The van der Waals surface area contributed by atoms with E-state index in [1.54, 1.807) is 6.07 Å². The Morgan fingerprint density at radius 2 is 1.69 bits per heavy atom. The highest BCUT2D eigenvalue weighted by Gasteiger charge is 2.35. The molecule has 0 bridgehead atoms. The number of benzene rings is 1. The molecule has 0 aliphatic carbocycles. The van der Waals surface area contributed by atoms with Gasteiger partial charge in [0.05, 0.1) is 18.2 Å². The summed E-state index contributed by atoms with van der Waals surface area (Å²) in [6.07, 6.45) is -0.861. The Labute approximate surface area is 205 Å². The zero-order valence-electron chi connectivity index (χ0n) is 19.2. The fourth-order valence-corrected chi connectivity index (χ4v) is 4.01. The second-order valence-electron chi connectivity index (χ2n) is 7.60. The number of pyridine rings is 1. The van der Waals surface area contributed by atoms with Crippen molar-refractivity contribution in [2.75, 3.05) is 39.2 Å². The molecule has 1 aromatic carbocycles. The van der Waals surface area contributed by atoms with Crippen molar-refractivity contribution < 1.29 is 30.0 Å². The molecule has 2 aromatic heterocycles. The van der Waals surface area contributed by atoms with Crippen molar-refractivity contribution in [3.8, 4) is 0 Å². The van der Waals surface area contributed by atoms with Gasteiger partial charge in [-0.1, -0.05) is 12.1 Å². The van der Waals surface area contributed by atoms with Gasteiger partial charge in [-0.3, -0.25) is 9.03 Å². The number of rotatable bonds is 9. The van der Waals surface area contributed by atoms with Gasteiger partial charge in [0.2, 0.25) is 26.0 Å². The van der Waals surface area contributed by atoms with E-state index in [9.17, 15) is 30.0 Å². The SMILES string of the molecule is CN(c1ncccc1CNc1nc(Nc2cccc(NS(C)(=O)=O)c2)ncc1C(F)(F)F)S(C)(=O)=O. The van der Waals surface area contributed by atoms with Gasteiger partial charge in [-0.05, 0) is 24.3 Å². The Morgan fingerprint density at radius 1 is 1.00 bits per heavy atom. The van der Waals surface area contributed by atoms with Crippen LogP contribution in [0.1, 0.15) is 11.1 Å². The number of anilines is 5. The number of nitrogens with zero attached hydrogens (tertiary/aromatic N) is 4. The minimum atomic E-state index is -4.78. The number of hydrogen-bond acceptors (Lipinski definition) is 9. The maximum atomic E-state index is 13.6. The van der Waals surface area contributed by atoms with Crippen molar-refractivity contribution in [2.24, 2.45) is 0 Å². The topological polar surface area (TPSA) is 146 Å². The van der Waals surface area contributed by atoms with Gasteiger partial charge in [0.1, 0.15) is 17.2 Å². The number of sulfonamides is 2. The van der Waals surface area contributed by atoms with Crippen molar-refractivity contribution in [3.63, 3.8) is 0 Å². The second-order valence-corrected chi connectivity index (χ2v) is 11.4. The van der Waals surface area contributed by atoms with Crippen LogP contribution in [0.5, 0.6) is 0 Å². The fraction of sp³-hybridized carbons (Fsp3) is 0.250. The molecule has 0 amide bonds. The lowest BCUT2D eigenvalue weighted by molar-refractivity contribution is -0.137. The molecule has 16 heteroatoms. The summed E-state index contributed by atoms with van der Waals surface area (Å²) >= 11 is 0. The molecule has 0 atom stereocenters. The molecule has 3 N–H and O–H groups in total. The smallest absolute Gasteiger partial charge is 0.365 e. The highest BCUT2D eigenvalue weighted by Crippen LogP contribution is 2.34. The molecule has 36 heavy (non-hydrogen) atoms. The summed E-state index contributed by atoms with van der Waals surface area (Å²) in [5.41, 5.74) is -0.279. The standard InChI is InChI=1S/C20H22F3N7O4S2/c1-30(36(3,33)34)18-13(6-5-9-24-18)11-25-17-16(20(21,22)23)12-26-19(28-17)27-14-7-4-8-15(10-14)29-35(2,31)32/h4-10,12,29H,11H2,1-3H3,(H2,25,26,27,28). The lowest BCUT2D eigenvalue weighted by Gasteiger charge is -2.20. The largest absolute Gasteiger partial charge is 0.421 e. The van der Waals surface area contributed by atoms with E-state index in [4.69, 9.17) is 0 Å². The summed E-state index contributed by atoms with van der Waals surface area (Å²) < 4.78 is 90.7. The monoisotopic (exact) mass is 545 g/mol. The van der Waals surface area contributed by atoms with Gasteiger partial charge >= 0.3 is 6.18 Å². The summed E-state index contributed by atoms with van der Waals surface area (Å²) in [6.45, 7) is -0.226. The van der Waals surface area contributed by atoms with Gasteiger partial charge in [0.25, 0.3) is 0 Å². The van der Waals surface area contributed by atoms with E-state index in [-0.39, 0.29) is 24.0 Å². The van der Waals surface area contributed by atoms with Crippen molar-refractivity contribution in [1.29, 1.82) is 0 Å². The van der Waals surface area contributed by atoms with Gasteiger partial charge < -0.3 is 10.6 Å². The maximum Gasteiger partial charge on any atom is 0.421 e. The summed E-state index contributed by atoms with van der Waals surface area (Å²) in [7, 11) is -5.92. The second kappa shape index (κ2) is 10.1. The van der Waals surface area contributed by atoms with Crippen LogP contribution in [0.15, 0.2) is 48.8 Å². The molecule has 3 aromatic rings. The van der Waals surface area contributed by atoms with Crippen LogP contribution in [0.2, 0.25) is 0 Å². The highest BCUT2D eigenvalue weighted by molar-refractivity contribution is 7.92. The molecule has 3 rings (SSSR count). The number of alkyl halides is 3. The van der Waals surface area contributed by atoms with E-state index in [0.29, 0.717) is 17.4 Å². The van der Waals surface area contributed by atoms with Gasteiger partial charge in [0.15, 0.2) is 0 Å². The van der Waals surface area contributed by atoms with E-state index >= 15 is 0 Å². The molecule has 0 spiro atoms. The minimum absolute atomic E-state index is 0.0451. The molecule has 0 unspecified atom stereocenters. The zero-order valence-corrected chi connectivity index (χ0v) is 20.8. The van der Waals surface area contributed by atoms with E-state index in [1.807, 2.05) is 0 Å². The first-order valence-electron chi connectivity index (χ1n) is 10.0. The lowest BCUT2D eigenvalue weighted by Crippen LogP contribution is -2.27. The lowest BCUT2D eigenvalue weighted by atomic mass is 10.2. The third-order valence-corrected chi connectivity index (χ3v) is 6.40. The first-order valence-corrected chi connectivity index (χ1v) is 13.8. The summed E-state index contributed by atoms with van der Waals surface area (Å²) in [4.78, 5) is 11.7. The van der Waals surface area contributed by atoms with Crippen molar-refractivity contribution in [2.45, 2.75) is 12.7 Å². The molecular formula is C20H22F3N7O4S2. The molecule has 0 aliphatic heterocycles. The van der Waals surface area contributed by atoms with Gasteiger partial charge in [0, 0.05) is 37.2 Å². The number of aromatic nitrogens is 3. The molecule has 0 fully saturated rings. The fourth-order valence-electron chi connectivity index (χ4n) is 2.98. The van der Waals surface area contributed by atoms with Crippen LogP contribution in [0.4, 0.5) is 42.1 Å². The number of halogens is 3. The Balaban J connectivity index is 1.90. The number of hydrogen-bond donors (Lipinski definition) is 3. The quantitative estimate of drug-likeness (QED) is 0.369. The first kappa shape index (κ1) is 26.9. The predicted octanol–water partition coefficient (Wildman–Crippen LogP) is 3.01. The van der Waals surface area contributed by atoms with Crippen LogP contribution in [0, 0.1) is 0 Å². The van der Waals surface area contributed by atoms with Gasteiger partial charge in [-0.25, -0.2) is 26.8 Å². The molecule has 194 valence electrons. The minimum Gasteiger partial charge on any atom is -0.365 e. The average Bonchev–Trinajstić information content (AvgIpc) is 2.75. The van der Waals surface area contributed by atoms with Crippen molar-refractivity contribution in [1.82, 2.24) is 15.0 Å². The van der Waals surface area contributed by atoms with E-state index < -0.39 is 37.6 Å². The third kappa shape index (κ3) is 7.17. The van der Waals surface area contributed by atoms with Crippen LogP contribution < -0.4 is 19.7 Å². The van der Waals surface area contributed by atoms with Gasteiger partial charge in [-0.2, -0.15) is 18.2 Å². The van der Waals surface area contributed by atoms with E-state index in [0.717, 1.165) is 16.8 Å². The Bertz CT molecular complexity index is 1470. The van der Waals surface area contributed by atoms with Crippen molar-refractivity contribution in [3.05, 3.63) is 59.9 Å². The maximum absolute atomic E-state index is 13.6. The normalized spacial score (nSPS) is 12.2. The molecule has 0 saturated heterocycles. The zero-order chi connectivity index (χ0) is 26.7. The van der Waals surface area contributed by atoms with Gasteiger partial charge in [-0.15, -0.1) is 0 Å². The molecule has 0 aliphatic rings. The van der Waals surface area contributed by atoms with Crippen molar-refractivity contribution >= 4 is 49.0 Å². The summed E-state index contributed by atoms with van der Waals surface area (Å²) in [5, 5.41) is 5.32. The third-order valence-electron chi connectivity index (χ3n) is 4.63.